The smallest absolute Gasteiger partial charge is 0.252 e. The lowest BCUT2D eigenvalue weighted by molar-refractivity contribution is -0.133. The number of carbonyl (C=O) groups excluding carboxylic acids is 1. The molecule has 0 bridgehead atoms. The van der Waals surface area contributed by atoms with Crippen molar-refractivity contribution in [2.75, 3.05) is 0 Å². The molecule has 148 valence electrons. The third-order valence-corrected chi connectivity index (χ3v) is 5.60. The van der Waals surface area contributed by atoms with Gasteiger partial charge in [-0.1, -0.05) is 29.3 Å². The molecule has 1 amide bonds. The minimum Gasteiger partial charge on any atom is -0.336 e. The lowest BCUT2D eigenvalue weighted by Gasteiger charge is -2.27. The van der Waals surface area contributed by atoms with Gasteiger partial charge in [0.25, 0.3) is 5.78 Å². The van der Waals surface area contributed by atoms with Gasteiger partial charge in [-0.05, 0) is 57.4 Å². The highest BCUT2D eigenvalue weighted by Gasteiger charge is 2.19. The number of nitrogens with zero attached hydrogens (tertiary/aromatic N) is 5. The van der Waals surface area contributed by atoms with Gasteiger partial charge in [0.2, 0.25) is 5.91 Å². The van der Waals surface area contributed by atoms with E-state index in [-0.39, 0.29) is 11.9 Å². The molecular formula is C20H23Cl2N5O. The van der Waals surface area contributed by atoms with Gasteiger partial charge in [0, 0.05) is 30.4 Å². The number of aromatic nitrogens is 4. The van der Waals surface area contributed by atoms with E-state index in [1.54, 1.807) is 10.6 Å². The molecule has 2 heterocycles. The third kappa shape index (κ3) is 4.28. The van der Waals surface area contributed by atoms with Crippen molar-refractivity contribution in [3.63, 3.8) is 0 Å². The van der Waals surface area contributed by atoms with Crippen LogP contribution in [-0.4, -0.2) is 36.4 Å². The molecule has 6 nitrogen and oxygen atoms in total. The quantitative estimate of drug-likeness (QED) is 0.592. The van der Waals surface area contributed by atoms with Crippen LogP contribution in [0.2, 0.25) is 10.0 Å². The first-order valence-corrected chi connectivity index (χ1v) is 9.92. The van der Waals surface area contributed by atoms with E-state index in [2.05, 4.69) is 15.1 Å². The molecule has 8 heteroatoms. The fourth-order valence-electron chi connectivity index (χ4n) is 3.29. The molecule has 0 unspecified atom stereocenters. The van der Waals surface area contributed by atoms with Crippen LogP contribution >= 0.6 is 23.2 Å². The first-order valence-electron chi connectivity index (χ1n) is 9.17. The minimum atomic E-state index is 0.0695. The number of benzene rings is 1. The summed E-state index contributed by atoms with van der Waals surface area (Å²) < 4.78 is 1.71. The summed E-state index contributed by atoms with van der Waals surface area (Å²) in [5.74, 6) is 0.659. The summed E-state index contributed by atoms with van der Waals surface area (Å²) in [6.07, 6.45) is 2.48. The first kappa shape index (κ1) is 20.6. The van der Waals surface area contributed by atoms with Crippen molar-refractivity contribution in [1.29, 1.82) is 0 Å². The van der Waals surface area contributed by atoms with E-state index < -0.39 is 0 Å². The van der Waals surface area contributed by atoms with E-state index in [0.717, 1.165) is 22.5 Å². The van der Waals surface area contributed by atoms with Gasteiger partial charge >= 0.3 is 0 Å². The van der Waals surface area contributed by atoms with Crippen molar-refractivity contribution < 1.29 is 4.79 Å². The van der Waals surface area contributed by atoms with Crippen LogP contribution in [-0.2, 0) is 17.8 Å². The molecule has 0 radical (unpaired) electrons. The molecule has 0 spiro atoms. The number of amides is 1. The SMILES string of the molecule is Cc1nc2ncnn2c(C)c1CCC(=O)N(Cc1ccc(Cl)c(Cl)c1)C(C)C. The Morgan fingerprint density at radius 1 is 1.21 bits per heavy atom. The second kappa shape index (κ2) is 8.45. The molecule has 2 aromatic heterocycles. The van der Waals surface area contributed by atoms with Crippen LogP contribution in [0, 0.1) is 13.8 Å². The average molecular weight is 420 g/mol. The Morgan fingerprint density at radius 3 is 2.64 bits per heavy atom. The molecule has 0 aliphatic heterocycles. The number of halogens is 2. The van der Waals surface area contributed by atoms with Gasteiger partial charge in [-0.15, -0.1) is 0 Å². The highest BCUT2D eigenvalue weighted by atomic mass is 35.5. The Kier molecular flexibility index (Phi) is 6.20. The minimum absolute atomic E-state index is 0.0695. The molecule has 28 heavy (non-hydrogen) atoms. The van der Waals surface area contributed by atoms with Crippen LogP contribution in [0.5, 0.6) is 0 Å². The molecule has 0 N–H and O–H groups in total. The van der Waals surface area contributed by atoms with Crippen molar-refractivity contribution in [3.8, 4) is 0 Å². The van der Waals surface area contributed by atoms with Crippen LogP contribution in [0.1, 0.15) is 42.8 Å². The van der Waals surface area contributed by atoms with Crippen LogP contribution < -0.4 is 0 Å². The molecule has 0 aliphatic rings. The van der Waals surface area contributed by atoms with Gasteiger partial charge in [0.05, 0.1) is 10.0 Å². The lowest BCUT2D eigenvalue weighted by Crippen LogP contribution is -2.36. The van der Waals surface area contributed by atoms with Crippen molar-refractivity contribution in [1.82, 2.24) is 24.5 Å². The van der Waals surface area contributed by atoms with Crippen molar-refractivity contribution in [2.45, 2.75) is 53.1 Å². The zero-order valence-electron chi connectivity index (χ0n) is 16.4. The number of carbonyl (C=O) groups is 1. The fourth-order valence-corrected chi connectivity index (χ4v) is 3.61. The molecule has 3 rings (SSSR count). The topological polar surface area (TPSA) is 63.4 Å². The maximum absolute atomic E-state index is 13.0. The fraction of sp³-hybridized carbons (Fsp3) is 0.400. The number of fused-ring (bicyclic) bond motifs is 1. The lowest BCUT2D eigenvalue weighted by atomic mass is 10.1. The van der Waals surface area contributed by atoms with E-state index in [4.69, 9.17) is 23.2 Å². The second-order valence-corrected chi connectivity index (χ2v) is 7.91. The Labute approximate surface area is 174 Å². The number of aryl methyl sites for hydroxylation is 2. The van der Waals surface area contributed by atoms with Gasteiger partial charge in [0.15, 0.2) is 0 Å². The Bertz CT molecular complexity index is 1020. The number of rotatable bonds is 6. The zero-order valence-corrected chi connectivity index (χ0v) is 17.9. The van der Waals surface area contributed by atoms with E-state index in [1.807, 2.05) is 44.7 Å². The summed E-state index contributed by atoms with van der Waals surface area (Å²) in [5.41, 5.74) is 3.83. The van der Waals surface area contributed by atoms with Gasteiger partial charge in [-0.3, -0.25) is 4.79 Å². The summed E-state index contributed by atoms with van der Waals surface area (Å²) in [6.45, 7) is 8.43. The maximum Gasteiger partial charge on any atom is 0.252 e. The van der Waals surface area contributed by atoms with Gasteiger partial charge in [-0.25, -0.2) is 9.50 Å². The first-order chi connectivity index (χ1) is 13.3. The zero-order chi connectivity index (χ0) is 20.4. The van der Waals surface area contributed by atoms with E-state index in [1.165, 1.54) is 6.33 Å². The third-order valence-electron chi connectivity index (χ3n) is 4.86. The molecule has 0 atom stereocenters. The monoisotopic (exact) mass is 419 g/mol. The normalized spacial score (nSPS) is 11.4. The van der Waals surface area contributed by atoms with Gasteiger partial charge in [-0.2, -0.15) is 10.1 Å². The van der Waals surface area contributed by atoms with Crippen LogP contribution in [0.4, 0.5) is 0 Å². The molecular weight excluding hydrogens is 397 g/mol. The molecule has 0 aliphatic carbocycles. The average Bonchev–Trinajstić information content (AvgIpc) is 3.10. The highest BCUT2D eigenvalue weighted by Crippen LogP contribution is 2.24. The predicted molar refractivity (Wildman–Crippen MR) is 111 cm³/mol. The highest BCUT2D eigenvalue weighted by molar-refractivity contribution is 6.42. The van der Waals surface area contributed by atoms with Crippen molar-refractivity contribution in [2.24, 2.45) is 0 Å². The number of hydrogen-bond acceptors (Lipinski definition) is 4. The van der Waals surface area contributed by atoms with Crippen molar-refractivity contribution in [3.05, 3.63) is 57.1 Å². The predicted octanol–water partition coefficient (Wildman–Crippen LogP) is 4.42. The molecule has 0 saturated heterocycles. The van der Waals surface area contributed by atoms with E-state index in [0.29, 0.717) is 35.2 Å². The molecule has 0 fully saturated rings. The Balaban J connectivity index is 1.75. The number of hydrogen-bond donors (Lipinski definition) is 0. The standard InChI is InChI=1S/C20H23Cl2N5O/c1-12(2)26(10-15-5-7-17(21)18(22)9-15)19(28)8-6-16-13(3)25-20-23-11-24-27(20)14(16)4/h5,7,9,11-12H,6,8,10H2,1-4H3. The second-order valence-electron chi connectivity index (χ2n) is 7.10. The van der Waals surface area contributed by atoms with Crippen LogP contribution in [0.25, 0.3) is 5.78 Å². The molecule has 0 saturated carbocycles. The molecule has 3 aromatic rings. The van der Waals surface area contributed by atoms with E-state index >= 15 is 0 Å². The summed E-state index contributed by atoms with van der Waals surface area (Å²) >= 11 is 12.1. The largest absolute Gasteiger partial charge is 0.336 e. The van der Waals surface area contributed by atoms with Gasteiger partial charge < -0.3 is 4.90 Å². The van der Waals surface area contributed by atoms with Crippen molar-refractivity contribution >= 4 is 34.9 Å². The summed E-state index contributed by atoms with van der Waals surface area (Å²) in [7, 11) is 0. The summed E-state index contributed by atoms with van der Waals surface area (Å²) in [4.78, 5) is 23.4. The maximum atomic E-state index is 13.0. The summed E-state index contributed by atoms with van der Waals surface area (Å²) in [5, 5.41) is 5.21. The van der Waals surface area contributed by atoms with Gasteiger partial charge in [0.1, 0.15) is 6.33 Å². The van der Waals surface area contributed by atoms with E-state index in [9.17, 15) is 4.79 Å². The Hall–Kier alpha value is -2.18. The van der Waals surface area contributed by atoms with Crippen LogP contribution in [0.15, 0.2) is 24.5 Å². The molecule has 1 aromatic carbocycles. The van der Waals surface area contributed by atoms with Crippen LogP contribution in [0.3, 0.4) is 0 Å². The summed E-state index contributed by atoms with van der Waals surface area (Å²) in [6, 6.07) is 5.53. The Morgan fingerprint density at radius 2 is 1.96 bits per heavy atom.